The molecule has 2 aliphatic rings. The van der Waals surface area contributed by atoms with Crippen LogP contribution in [0.25, 0.3) is 0 Å². The molecular formula is C22H26N2O2S. The van der Waals surface area contributed by atoms with Crippen molar-refractivity contribution in [1.82, 2.24) is 10.2 Å². The summed E-state index contributed by atoms with van der Waals surface area (Å²) in [6.07, 6.45) is 5.97. The number of thiophene rings is 1. The van der Waals surface area contributed by atoms with Crippen molar-refractivity contribution in [3.63, 3.8) is 0 Å². The lowest BCUT2D eigenvalue weighted by Crippen LogP contribution is -2.35. The molecule has 0 unspecified atom stereocenters. The second kappa shape index (κ2) is 8.26. The fraction of sp³-hybridized carbons (Fsp3) is 0.455. The third-order valence-corrected chi connectivity index (χ3v) is 6.84. The minimum atomic E-state index is 0.00810. The zero-order valence-electron chi connectivity index (χ0n) is 15.6. The van der Waals surface area contributed by atoms with Crippen molar-refractivity contribution >= 4 is 23.2 Å². The Bertz CT molecular complexity index is 809. The van der Waals surface area contributed by atoms with Crippen molar-refractivity contribution in [3.05, 3.63) is 57.3 Å². The predicted molar refractivity (Wildman–Crippen MR) is 108 cm³/mol. The third-order valence-electron chi connectivity index (χ3n) is 5.62. The first kappa shape index (κ1) is 18.2. The molecule has 0 radical (unpaired) electrons. The van der Waals surface area contributed by atoms with Gasteiger partial charge in [-0.05, 0) is 55.7 Å². The fourth-order valence-corrected chi connectivity index (χ4v) is 5.21. The molecule has 1 aliphatic heterocycles. The highest BCUT2D eigenvalue weighted by atomic mass is 32.1. The first-order valence-electron chi connectivity index (χ1n) is 9.93. The Labute approximate surface area is 164 Å². The molecule has 0 saturated carbocycles. The van der Waals surface area contributed by atoms with Gasteiger partial charge >= 0.3 is 0 Å². The number of likely N-dealkylation sites (tertiary alicyclic amines) is 1. The summed E-state index contributed by atoms with van der Waals surface area (Å²) in [7, 11) is 0. The van der Waals surface area contributed by atoms with Gasteiger partial charge in [-0.1, -0.05) is 30.3 Å². The summed E-state index contributed by atoms with van der Waals surface area (Å²) in [4.78, 5) is 29.5. The molecule has 0 bridgehead atoms. The highest BCUT2D eigenvalue weighted by molar-refractivity contribution is 7.14. The van der Waals surface area contributed by atoms with E-state index in [9.17, 15) is 9.59 Å². The first-order chi connectivity index (χ1) is 13.2. The van der Waals surface area contributed by atoms with Gasteiger partial charge in [-0.2, -0.15) is 0 Å². The molecule has 1 aliphatic carbocycles. The second-order valence-corrected chi connectivity index (χ2v) is 8.69. The third kappa shape index (κ3) is 4.24. The molecule has 5 heteroatoms. The van der Waals surface area contributed by atoms with Crippen LogP contribution in [0.15, 0.2) is 36.4 Å². The molecule has 4 rings (SSSR count). The maximum Gasteiger partial charge on any atom is 0.263 e. The topological polar surface area (TPSA) is 49.4 Å². The van der Waals surface area contributed by atoms with Crippen LogP contribution in [0.3, 0.4) is 0 Å². The fourth-order valence-electron chi connectivity index (χ4n) is 4.04. The number of hydrogen-bond donors (Lipinski definition) is 1. The largest absolute Gasteiger partial charge is 0.352 e. The predicted octanol–water partition coefficient (Wildman–Crippen LogP) is 3.80. The van der Waals surface area contributed by atoms with Crippen LogP contribution in [-0.2, 0) is 24.2 Å². The Balaban J connectivity index is 1.37. The Morgan fingerprint density at radius 3 is 2.67 bits per heavy atom. The Morgan fingerprint density at radius 2 is 1.89 bits per heavy atom. The maximum atomic E-state index is 12.7. The Morgan fingerprint density at radius 1 is 1.11 bits per heavy atom. The minimum Gasteiger partial charge on any atom is -0.352 e. The van der Waals surface area contributed by atoms with Gasteiger partial charge < -0.3 is 10.2 Å². The van der Waals surface area contributed by atoms with Crippen molar-refractivity contribution in [1.29, 1.82) is 0 Å². The summed E-state index contributed by atoms with van der Waals surface area (Å²) >= 11 is 1.64. The first-order valence-corrected chi connectivity index (χ1v) is 10.7. The molecule has 1 fully saturated rings. The number of nitrogens with one attached hydrogen (secondary N) is 1. The van der Waals surface area contributed by atoms with Crippen molar-refractivity contribution in [2.24, 2.45) is 5.92 Å². The van der Waals surface area contributed by atoms with E-state index in [1.54, 1.807) is 11.3 Å². The van der Waals surface area contributed by atoms with E-state index >= 15 is 0 Å². The number of piperidine rings is 1. The Hall–Kier alpha value is -2.14. The van der Waals surface area contributed by atoms with Crippen molar-refractivity contribution in [2.45, 2.75) is 45.1 Å². The molecule has 1 N–H and O–H groups in total. The highest BCUT2D eigenvalue weighted by Crippen LogP contribution is 2.33. The molecule has 2 heterocycles. The van der Waals surface area contributed by atoms with E-state index in [2.05, 4.69) is 5.32 Å². The summed E-state index contributed by atoms with van der Waals surface area (Å²) < 4.78 is 0. The molecule has 0 spiro atoms. The number of carbonyl (C=O) groups is 2. The number of benzene rings is 1. The molecule has 1 aromatic carbocycles. The Kier molecular flexibility index (Phi) is 5.58. The van der Waals surface area contributed by atoms with Gasteiger partial charge in [0.15, 0.2) is 0 Å². The molecule has 1 saturated heterocycles. The van der Waals surface area contributed by atoms with E-state index < -0.39 is 0 Å². The molecule has 4 nitrogen and oxygen atoms in total. The lowest BCUT2D eigenvalue weighted by atomic mass is 9.87. The number of rotatable bonds is 4. The second-order valence-electron chi connectivity index (χ2n) is 7.56. The number of nitrogens with zero attached hydrogens (tertiary/aromatic N) is 1. The minimum absolute atomic E-state index is 0.00810. The molecular weight excluding hydrogens is 356 g/mol. The van der Waals surface area contributed by atoms with Crippen LogP contribution in [0.5, 0.6) is 0 Å². The maximum absolute atomic E-state index is 12.7. The summed E-state index contributed by atoms with van der Waals surface area (Å²) in [5.74, 6) is 0.313. The number of carbonyl (C=O) groups excluding carboxylic acids is 2. The monoisotopic (exact) mass is 382 g/mol. The van der Waals surface area contributed by atoms with E-state index in [1.807, 2.05) is 41.3 Å². The van der Waals surface area contributed by atoms with E-state index in [1.165, 1.54) is 16.9 Å². The average molecular weight is 383 g/mol. The quantitative estimate of drug-likeness (QED) is 0.874. The van der Waals surface area contributed by atoms with Gasteiger partial charge in [0.2, 0.25) is 5.91 Å². The zero-order valence-corrected chi connectivity index (χ0v) is 16.4. The van der Waals surface area contributed by atoms with Gasteiger partial charge in [0.25, 0.3) is 5.91 Å². The van der Waals surface area contributed by atoms with E-state index in [0.717, 1.165) is 55.6 Å². The van der Waals surface area contributed by atoms with Gasteiger partial charge in [0.05, 0.1) is 4.88 Å². The van der Waals surface area contributed by atoms with Gasteiger partial charge in [-0.3, -0.25) is 9.59 Å². The lowest BCUT2D eigenvalue weighted by Gasteiger charge is -2.26. The molecule has 27 heavy (non-hydrogen) atoms. The standard InChI is InChI=1S/C22H26N2O2S/c25-21(23-15-16-7-3-1-4-8-16)17-9-10-19-18(13-17)14-20(27-19)22(26)24-11-5-2-6-12-24/h1,3-4,7-8,14,17H,2,5-6,9-13,15H2,(H,23,25)/t17-/m0/s1. The average Bonchev–Trinajstić information content (AvgIpc) is 3.16. The molecule has 2 aromatic rings. The lowest BCUT2D eigenvalue weighted by molar-refractivity contribution is -0.125. The van der Waals surface area contributed by atoms with Crippen LogP contribution < -0.4 is 5.32 Å². The number of fused-ring (bicyclic) bond motifs is 1. The van der Waals surface area contributed by atoms with Crippen LogP contribution in [-0.4, -0.2) is 29.8 Å². The summed E-state index contributed by atoms with van der Waals surface area (Å²) in [6, 6.07) is 12.1. The van der Waals surface area contributed by atoms with Crippen molar-refractivity contribution < 1.29 is 9.59 Å². The van der Waals surface area contributed by atoms with Crippen LogP contribution in [0.2, 0.25) is 0 Å². The summed E-state index contributed by atoms with van der Waals surface area (Å²) in [6.45, 7) is 2.34. The van der Waals surface area contributed by atoms with E-state index in [0.29, 0.717) is 6.54 Å². The highest BCUT2D eigenvalue weighted by Gasteiger charge is 2.28. The van der Waals surface area contributed by atoms with Gasteiger partial charge in [0.1, 0.15) is 0 Å². The van der Waals surface area contributed by atoms with Gasteiger partial charge in [-0.25, -0.2) is 0 Å². The van der Waals surface area contributed by atoms with Gasteiger partial charge in [0, 0.05) is 30.4 Å². The van der Waals surface area contributed by atoms with Crippen LogP contribution in [0.4, 0.5) is 0 Å². The normalized spacial score (nSPS) is 19.4. The SMILES string of the molecule is O=C(NCc1ccccc1)[C@H]1CCc2sc(C(=O)N3CCCCC3)cc2C1. The van der Waals surface area contributed by atoms with Gasteiger partial charge in [-0.15, -0.1) is 11.3 Å². The summed E-state index contributed by atoms with van der Waals surface area (Å²) in [5.41, 5.74) is 2.32. The molecule has 142 valence electrons. The molecule has 2 amide bonds. The van der Waals surface area contributed by atoms with Crippen LogP contribution in [0, 0.1) is 5.92 Å². The van der Waals surface area contributed by atoms with E-state index in [-0.39, 0.29) is 17.7 Å². The number of amides is 2. The van der Waals surface area contributed by atoms with Crippen molar-refractivity contribution in [2.75, 3.05) is 13.1 Å². The van der Waals surface area contributed by atoms with E-state index in [4.69, 9.17) is 0 Å². The zero-order chi connectivity index (χ0) is 18.6. The summed E-state index contributed by atoms with van der Waals surface area (Å²) in [5, 5.41) is 3.07. The van der Waals surface area contributed by atoms with Crippen LogP contribution >= 0.6 is 11.3 Å². The number of aryl methyl sites for hydroxylation is 1. The smallest absolute Gasteiger partial charge is 0.263 e. The number of hydrogen-bond acceptors (Lipinski definition) is 3. The van der Waals surface area contributed by atoms with Crippen molar-refractivity contribution in [3.8, 4) is 0 Å². The molecule has 1 aromatic heterocycles. The molecule has 1 atom stereocenters. The van der Waals surface area contributed by atoms with Crippen LogP contribution in [0.1, 0.15) is 51.4 Å².